The lowest BCUT2D eigenvalue weighted by atomic mass is 10.2. The van der Waals surface area contributed by atoms with Gasteiger partial charge in [0.25, 0.3) is 5.91 Å². The van der Waals surface area contributed by atoms with Crippen molar-refractivity contribution < 1.29 is 23.5 Å². The van der Waals surface area contributed by atoms with Gasteiger partial charge in [0.2, 0.25) is 5.91 Å². The van der Waals surface area contributed by atoms with Gasteiger partial charge in [-0.05, 0) is 56.3 Å². The number of carbonyl (C=O) groups excluding carboxylic acids is 3. The number of aryl methyl sites for hydroxylation is 2. The fourth-order valence-electron chi connectivity index (χ4n) is 3.07. The van der Waals surface area contributed by atoms with Crippen molar-refractivity contribution in [3.8, 4) is 5.82 Å². The van der Waals surface area contributed by atoms with Gasteiger partial charge in [-0.1, -0.05) is 11.6 Å². The van der Waals surface area contributed by atoms with E-state index in [-0.39, 0.29) is 23.7 Å². The maximum atomic E-state index is 13.3. The van der Waals surface area contributed by atoms with Gasteiger partial charge in [-0.3, -0.25) is 9.59 Å². The van der Waals surface area contributed by atoms with Crippen LogP contribution in [-0.4, -0.2) is 45.7 Å². The minimum atomic E-state index is -0.911. The van der Waals surface area contributed by atoms with E-state index in [1.165, 1.54) is 35.2 Å². The molecule has 0 bridgehead atoms. The number of benzene rings is 1. The molecule has 2 amide bonds. The number of hydrogen-bond donors (Lipinski definition) is 1. The minimum Gasteiger partial charge on any atom is -0.451 e. The molecule has 0 fully saturated rings. The van der Waals surface area contributed by atoms with Gasteiger partial charge >= 0.3 is 5.97 Å². The van der Waals surface area contributed by atoms with E-state index in [4.69, 9.17) is 22.1 Å². The Morgan fingerprint density at radius 2 is 1.85 bits per heavy atom. The second kappa shape index (κ2) is 10.2. The first-order valence-corrected chi connectivity index (χ1v) is 10.2. The summed E-state index contributed by atoms with van der Waals surface area (Å²) in [5.41, 5.74) is 6.90. The van der Waals surface area contributed by atoms with Crippen LogP contribution in [0, 0.1) is 19.7 Å². The van der Waals surface area contributed by atoms with E-state index in [1.807, 2.05) is 19.9 Å². The van der Waals surface area contributed by atoms with Crippen LogP contribution in [-0.2, 0) is 14.3 Å². The van der Waals surface area contributed by atoms with E-state index in [9.17, 15) is 18.8 Å². The summed E-state index contributed by atoms with van der Waals surface area (Å²) in [6, 6.07) is 10.0. The van der Waals surface area contributed by atoms with Crippen LogP contribution in [0.15, 0.2) is 42.5 Å². The maximum Gasteiger partial charge on any atom is 0.359 e. The predicted octanol–water partition coefficient (Wildman–Crippen LogP) is 2.74. The molecule has 172 valence electrons. The number of esters is 1. The van der Waals surface area contributed by atoms with Gasteiger partial charge in [-0.25, -0.2) is 18.9 Å². The van der Waals surface area contributed by atoms with Crippen LogP contribution in [0.3, 0.4) is 0 Å². The highest BCUT2D eigenvalue weighted by Gasteiger charge is 2.22. The second-order valence-electron chi connectivity index (χ2n) is 7.15. The molecule has 3 aromatic rings. The molecule has 0 atom stereocenters. The van der Waals surface area contributed by atoms with Gasteiger partial charge in [-0.2, -0.15) is 5.10 Å². The number of amides is 2. The maximum absolute atomic E-state index is 13.3. The smallest absolute Gasteiger partial charge is 0.359 e. The topological polar surface area (TPSA) is 120 Å². The van der Waals surface area contributed by atoms with E-state index < -0.39 is 30.2 Å². The molecule has 0 radical (unpaired) electrons. The zero-order valence-corrected chi connectivity index (χ0v) is 18.7. The van der Waals surface area contributed by atoms with Gasteiger partial charge in [0, 0.05) is 24.3 Å². The largest absolute Gasteiger partial charge is 0.451 e. The normalized spacial score (nSPS) is 10.7. The highest BCUT2D eigenvalue weighted by molar-refractivity contribution is 6.33. The van der Waals surface area contributed by atoms with Crippen LogP contribution in [0.2, 0.25) is 5.02 Å². The number of ether oxygens (including phenoxy) is 1. The fraction of sp³-hybridized carbons (Fsp3) is 0.227. The number of carbonyl (C=O) groups is 3. The first-order valence-electron chi connectivity index (χ1n) is 9.87. The van der Waals surface area contributed by atoms with Gasteiger partial charge in [0.05, 0.1) is 10.7 Å². The number of pyridine rings is 1. The number of primary amides is 1. The monoisotopic (exact) mass is 473 g/mol. The van der Waals surface area contributed by atoms with Crippen molar-refractivity contribution in [3.05, 3.63) is 70.4 Å². The van der Waals surface area contributed by atoms with Gasteiger partial charge in [-0.15, -0.1) is 0 Å². The van der Waals surface area contributed by atoms with E-state index >= 15 is 0 Å². The molecule has 9 nitrogen and oxygen atoms in total. The molecule has 0 spiro atoms. The lowest BCUT2D eigenvalue weighted by Crippen LogP contribution is -2.37. The van der Waals surface area contributed by atoms with E-state index in [0.29, 0.717) is 11.5 Å². The zero-order valence-electron chi connectivity index (χ0n) is 17.9. The molecule has 0 saturated heterocycles. The van der Waals surface area contributed by atoms with Crippen LogP contribution in [0.25, 0.3) is 5.82 Å². The van der Waals surface area contributed by atoms with Crippen LogP contribution >= 0.6 is 11.6 Å². The van der Waals surface area contributed by atoms with Crippen molar-refractivity contribution >= 4 is 35.1 Å². The zero-order chi connectivity index (χ0) is 24.1. The Labute approximate surface area is 193 Å². The predicted molar refractivity (Wildman–Crippen MR) is 119 cm³/mol. The molecule has 0 aliphatic rings. The van der Waals surface area contributed by atoms with Crippen molar-refractivity contribution in [1.82, 2.24) is 14.8 Å². The van der Waals surface area contributed by atoms with Gasteiger partial charge in [0.1, 0.15) is 5.82 Å². The van der Waals surface area contributed by atoms with Gasteiger partial charge in [0.15, 0.2) is 18.1 Å². The molecule has 11 heteroatoms. The number of anilines is 1. The average Bonchev–Trinajstić information content (AvgIpc) is 3.11. The molecular weight excluding hydrogens is 453 g/mol. The summed E-state index contributed by atoms with van der Waals surface area (Å²) in [4.78, 5) is 41.9. The van der Waals surface area contributed by atoms with Crippen molar-refractivity contribution in [1.29, 1.82) is 0 Å². The van der Waals surface area contributed by atoms with E-state index in [0.717, 1.165) is 11.4 Å². The summed E-state index contributed by atoms with van der Waals surface area (Å²) in [6.07, 6.45) is -0.130. The molecular formula is C22H21ClFN5O4. The summed E-state index contributed by atoms with van der Waals surface area (Å²) < 4.78 is 19.9. The summed E-state index contributed by atoms with van der Waals surface area (Å²) in [5.74, 6) is -2.30. The highest BCUT2D eigenvalue weighted by atomic mass is 35.5. The van der Waals surface area contributed by atoms with Crippen molar-refractivity contribution in [2.24, 2.45) is 5.73 Å². The van der Waals surface area contributed by atoms with Crippen LogP contribution < -0.4 is 10.6 Å². The van der Waals surface area contributed by atoms with Crippen molar-refractivity contribution in [2.75, 3.05) is 18.1 Å². The number of rotatable bonds is 8. The lowest BCUT2D eigenvalue weighted by Gasteiger charge is -2.22. The first kappa shape index (κ1) is 23.9. The molecule has 0 aliphatic carbocycles. The number of nitrogens with two attached hydrogens (primary N) is 1. The SMILES string of the molecule is Cc1cc(C)n(-c2ccc(Cl)c(C(=O)OCC(=O)N(CCC(N)=O)c3ccc(F)cc3)n2)n1. The van der Waals surface area contributed by atoms with Gasteiger partial charge < -0.3 is 15.4 Å². The molecule has 3 rings (SSSR count). The van der Waals surface area contributed by atoms with Crippen LogP contribution in [0.4, 0.5) is 10.1 Å². The Hall–Kier alpha value is -3.79. The Morgan fingerprint density at radius 3 is 2.45 bits per heavy atom. The summed E-state index contributed by atoms with van der Waals surface area (Å²) in [5, 5.41) is 4.36. The van der Waals surface area contributed by atoms with E-state index in [1.54, 1.807) is 10.7 Å². The molecule has 0 saturated carbocycles. The Balaban J connectivity index is 1.76. The quantitative estimate of drug-likeness (QED) is 0.502. The lowest BCUT2D eigenvalue weighted by molar-refractivity contribution is -0.121. The average molecular weight is 474 g/mol. The fourth-order valence-corrected chi connectivity index (χ4v) is 3.25. The molecule has 2 aromatic heterocycles. The molecule has 0 aliphatic heterocycles. The summed E-state index contributed by atoms with van der Waals surface area (Å²) >= 11 is 6.12. The molecule has 0 unspecified atom stereocenters. The first-order chi connectivity index (χ1) is 15.7. The number of halogens is 2. The Bertz CT molecular complexity index is 1200. The van der Waals surface area contributed by atoms with Crippen molar-refractivity contribution in [3.63, 3.8) is 0 Å². The molecule has 2 heterocycles. The standard InChI is InChI=1S/C22H21ClFN5O4/c1-13-11-14(2)29(27-13)19-8-7-17(23)21(26-19)22(32)33-12-20(31)28(10-9-18(25)30)16-5-3-15(24)4-6-16/h3-8,11H,9-10,12H2,1-2H3,(H2,25,30). The third-order valence-corrected chi connectivity index (χ3v) is 4.90. The van der Waals surface area contributed by atoms with Crippen molar-refractivity contribution in [2.45, 2.75) is 20.3 Å². The molecule has 2 N–H and O–H groups in total. The number of nitrogens with zero attached hydrogens (tertiary/aromatic N) is 4. The van der Waals surface area contributed by atoms with Crippen LogP contribution in [0.5, 0.6) is 0 Å². The molecule has 1 aromatic carbocycles. The Morgan fingerprint density at radius 1 is 1.15 bits per heavy atom. The van der Waals surface area contributed by atoms with E-state index in [2.05, 4.69) is 10.1 Å². The highest BCUT2D eigenvalue weighted by Crippen LogP contribution is 2.20. The number of aromatic nitrogens is 3. The molecule has 33 heavy (non-hydrogen) atoms. The van der Waals surface area contributed by atoms with Crippen LogP contribution in [0.1, 0.15) is 28.3 Å². The minimum absolute atomic E-state index is 0.0434. The summed E-state index contributed by atoms with van der Waals surface area (Å²) in [7, 11) is 0. The second-order valence-corrected chi connectivity index (χ2v) is 7.56. The third kappa shape index (κ3) is 5.92. The Kier molecular flexibility index (Phi) is 7.39. The number of hydrogen-bond acceptors (Lipinski definition) is 6. The summed E-state index contributed by atoms with van der Waals surface area (Å²) in [6.45, 7) is 2.94. The third-order valence-electron chi connectivity index (χ3n) is 4.60.